The van der Waals surface area contributed by atoms with Gasteiger partial charge in [-0.25, -0.2) is 18.7 Å². The van der Waals surface area contributed by atoms with Crippen LogP contribution in [-0.2, 0) is 23.1 Å². The maximum atomic E-state index is 14.4. The molecule has 0 N–H and O–H groups in total. The van der Waals surface area contributed by atoms with Gasteiger partial charge in [0, 0.05) is 61.5 Å². The molecule has 0 aliphatic carbocycles. The summed E-state index contributed by atoms with van der Waals surface area (Å²) in [5.41, 5.74) is 3.64. The molecule has 1 fully saturated rings. The summed E-state index contributed by atoms with van der Waals surface area (Å²) in [6.45, 7) is 3.72. The standard InChI is InChI=1S/C28H30F2N6O2/c1-4-22-28(37)34(2)15-23-25(33-27(36(22)23)16-8-10-38-11-9-16)18-6-5-7-21-19(18)12-20(26(29)30)24(32-21)17-13-31-35(3)14-17/h5-7,12-14,16,22,26H,4,8-11,15H2,1-3H3/t22-/m1/s1. The largest absolute Gasteiger partial charge is 0.381 e. The van der Waals surface area contributed by atoms with E-state index in [-0.39, 0.29) is 29.1 Å². The van der Waals surface area contributed by atoms with Crippen LogP contribution < -0.4 is 0 Å². The van der Waals surface area contributed by atoms with Crippen LogP contribution in [0.3, 0.4) is 0 Å². The maximum absolute atomic E-state index is 14.4. The van der Waals surface area contributed by atoms with Gasteiger partial charge in [-0.1, -0.05) is 19.1 Å². The summed E-state index contributed by atoms with van der Waals surface area (Å²) in [6.07, 6.45) is 2.83. The zero-order chi connectivity index (χ0) is 26.6. The first-order chi connectivity index (χ1) is 18.4. The molecular weight excluding hydrogens is 490 g/mol. The maximum Gasteiger partial charge on any atom is 0.265 e. The zero-order valence-electron chi connectivity index (χ0n) is 21.7. The monoisotopic (exact) mass is 520 g/mol. The Morgan fingerprint density at radius 3 is 2.61 bits per heavy atom. The number of fused-ring (bicyclic) bond motifs is 2. The number of imidazole rings is 1. The van der Waals surface area contributed by atoms with Crippen LogP contribution in [0.4, 0.5) is 8.78 Å². The Bertz CT molecular complexity index is 1520. The van der Waals surface area contributed by atoms with E-state index in [1.54, 1.807) is 42.1 Å². The number of amides is 1. The molecule has 0 bridgehead atoms. The molecule has 5 heterocycles. The Hall–Kier alpha value is -3.66. The van der Waals surface area contributed by atoms with E-state index in [0.717, 1.165) is 35.6 Å². The molecule has 38 heavy (non-hydrogen) atoms. The Morgan fingerprint density at radius 2 is 1.92 bits per heavy atom. The number of ether oxygens (including phenoxy) is 1. The lowest BCUT2D eigenvalue weighted by atomic mass is 9.98. The van der Waals surface area contributed by atoms with Gasteiger partial charge in [0.1, 0.15) is 11.9 Å². The van der Waals surface area contributed by atoms with Crippen LogP contribution in [0.15, 0.2) is 36.7 Å². The van der Waals surface area contributed by atoms with E-state index in [1.807, 2.05) is 25.1 Å². The van der Waals surface area contributed by atoms with E-state index in [0.29, 0.717) is 42.6 Å². The molecule has 1 atom stereocenters. The number of carbonyl (C=O) groups is 1. The molecule has 1 aromatic carbocycles. The van der Waals surface area contributed by atoms with Gasteiger partial charge in [0.25, 0.3) is 6.43 Å². The normalized spacial score (nSPS) is 18.5. The van der Waals surface area contributed by atoms with Crippen LogP contribution in [0.2, 0.25) is 0 Å². The van der Waals surface area contributed by atoms with Crippen molar-refractivity contribution < 1.29 is 18.3 Å². The van der Waals surface area contributed by atoms with E-state index in [4.69, 9.17) is 9.72 Å². The molecule has 8 nitrogen and oxygen atoms in total. The SMILES string of the molecule is CC[C@@H]1C(=O)N(C)Cc2c(-c3cccc4nc(-c5cnn(C)c5)c(C(F)F)cc34)nc(C3CCOCC3)n21. The predicted octanol–water partition coefficient (Wildman–Crippen LogP) is 5.25. The molecule has 198 valence electrons. The highest BCUT2D eigenvalue weighted by Crippen LogP contribution is 2.41. The molecule has 4 aromatic rings. The Kier molecular flexibility index (Phi) is 6.22. The lowest BCUT2D eigenvalue weighted by molar-refractivity contribution is -0.136. The first-order valence-corrected chi connectivity index (χ1v) is 13.0. The molecular formula is C28H30F2N6O2. The quantitative estimate of drug-likeness (QED) is 0.359. The van der Waals surface area contributed by atoms with Gasteiger partial charge < -0.3 is 14.2 Å². The van der Waals surface area contributed by atoms with Crippen molar-refractivity contribution in [3.05, 3.63) is 53.7 Å². The van der Waals surface area contributed by atoms with Crippen LogP contribution in [0.25, 0.3) is 33.4 Å². The predicted molar refractivity (Wildman–Crippen MR) is 139 cm³/mol. The number of nitrogens with zero attached hydrogens (tertiary/aromatic N) is 6. The highest BCUT2D eigenvalue weighted by molar-refractivity contribution is 5.96. The number of alkyl halides is 2. The Labute approximate surface area is 219 Å². The average molecular weight is 521 g/mol. The number of hydrogen-bond acceptors (Lipinski definition) is 5. The van der Waals surface area contributed by atoms with E-state index >= 15 is 0 Å². The number of halogens is 2. The fraction of sp³-hybridized carbons (Fsp3) is 0.429. The summed E-state index contributed by atoms with van der Waals surface area (Å²) in [7, 11) is 3.55. The van der Waals surface area contributed by atoms with Gasteiger partial charge in [-0.3, -0.25) is 9.48 Å². The smallest absolute Gasteiger partial charge is 0.265 e. The summed E-state index contributed by atoms with van der Waals surface area (Å²) >= 11 is 0. The zero-order valence-corrected chi connectivity index (χ0v) is 21.7. The van der Waals surface area contributed by atoms with Gasteiger partial charge in [-0.2, -0.15) is 5.10 Å². The van der Waals surface area contributed by atoms with Crippen LogP contribution in [-0.4, -0.2) is 55.4 Å². The third kappa shape index (κ3) is 3.98. The molecule has 1 saturated heterocycles. The third-order valence-corrected chi connectivity index (χ3v) is 7.73. The number of pyridine rings is 1. The lowest BCUT2D eigenvalue weighted by Gasteiger charge is -2.34. The minimum atomic E-state index is -2.71. The molecule has 6 rings (SSSR count). The Balaban J connectivity index is 1.59. The molecule has 0 radical (unpaired) electrons. The molecule has 2 aliphatic rings. The lowest BCUT2D eigenvalue weighted by Crippen LogP contribution is -2.41. The number of benzene rings is 1. The van der Waals surface area contributed by atoms with Gasteiger partial charge >= 0.3 is 0 Å². The molecule has 0 spiro atoms. The van der Waals surface area contributed by atoms with E-state index < -0.39 is 6.43 Å². The summed E-state index contributed by atoms with van der Waals surface area (Å²) in [4.78, 5) is 24.7. The van der Waals surface area contributed by atoms with Crippen molar-refractivity contribution in [1.82, 2.24) is 29.2 Å². The van der Waals surface area contributed by atoms with Crippen LogP contribution in [0, 0.1) is 0 Å². The summed E-state index contributed by atoms with van der Waals surface area (Å²) in [5, 5.41) is 4.75. The average Bonchev–Trinajstić information content (AvgIpc) is 3.52. The van der Waals surface area contributed by atoms with Gasteiger partial charge in [-0.15, -0.1) is 0 Å². The van der Waals surface area contributed by atoms with Gasteiger partial charge in [0.15, 0.2) is 0 Å². The third-order valence-electron chi connectivity index (χ3n) is 7.73. The van der Waals surface area contributed by atoms with Crippen molar-refractivity contribution >= 4 is 16.8 Å². The van der Waals surface area contributed by atoms with Crippen molar-refractivity contribution in [3.8, 4) is 22.5 Å². The number of rotatable bonds is 5. The van der Waals surface area contributed by atoms with Gasteiger partial charge in [-0.05, 0) is 31.4 Å². The van der Waals surface area contributed by atoms with Crippen LogP contribution in [0.5, 0.6) is 0 Å². The van der Waals surface area contributed by atoms with Crippen molar-refractivity contribution in [2.75, 3.05) is 20.3 Å². The van der Waals surface area contributed by atoms with Crippen molar-refractivity contribution in [3.63, 3.8) is 0 Å². The van der Waals surface area contributed by atoms with Gasteiger partial charge in [0.2, 0.25) is 5.91 Å². The molecule has 3 aromatic heterocycles. The van der Waals surface area contributed by atoms with E-state index in [2.05, 4.69) is 14.6 Å². The van der Waals surface area contributed by atoms with Crippen molar-refractivity contribution in [2.24, 2.45) is 7.05 Å². The van der Waals surface area contributed by atoms with Crippen molar-refractivity contribution in [1.29, 1.82) is 0 Å². The number of hydrogen-bond donors (Lipinski definition) is 0. The van der Waals surface area contributed by atoms with Crippen LogP contribution >= 0.6 is 0 Å². The minimum Gasteiger partial charge on any atom is -0.381 e. The second-order valence-electron chi connectivity index (χ2n) is 10.1. The fourth-order valence-electron chi connectivity index (χ4n) is 5.83. The summed E-state index contributed by atoms with van der Waals surface area (Å²) in [5.74, 6) is 1.12. The highest BCUT2D eigenvalue weighted by atomic mass is 19.3. The van der Waals surface area contributed by atoms with E-state index in [9.17, 15) is 13.6 Å². The van der Waals surface area contributed by atoms with E-state index in [1.165, 1.54) is 0 Å². The molecule has 2 aliphatic heterocycles. The first kappa shape index (κ1) is 24.7. The van der Waals surface area contributed by atoms with Crippen molar-refractivity contribution in [2.45, 2.75) is 51.1 Å². The molecule has 0 unspecified atom stereocenters. The topological polar surface area (TPSA) is 78.1 Å². The summed E-state index contributed by atoms with van der Waals surface area (Å²) in [6, 6.07) is 6.83. The first-order valence-electron chi connectivity index (χ1n) is 13.0. The van der Waals surface area contributed by atoms with Gasteiger partial charge in [0.05, 0.1) is 35.3 Å². The molecule has 10 heteroatoms. The minimum absolute atomic E-state index is 0.0675. The second kappa shape index (κ2) is 9.58. The molecule has 0 saturated carbocycles. The number of aryl methyl sites for hydroxylation is 1. The Morgan fingerprint density at radius 1 is 1.13 bits per heavy atom. The molecule has 1 amide bonds. The fourth-order valence-corrected chi connectivity index (χ4v) is 5.83. The summed E-state index contributed by atoms with van der Waals surface area (Å²) < 4.78 is 38.0. The highest BCUT2D eigenvalue weighted by Gasteiger charge is 2.37. The van der Waals surface area contributed by atoms with Crippen LogP contribution in [0.1, 0.15) is 61.7 Å². The number of aromatic nitrogens is 5. The second-order valence-corrected chi connectivity index (χ2v) is 10.1. The number of carbonyl (C=O) groups excluding carboxylic acids is 1. The number of likely N-dealkylation sites (N-methyl/N-ethyl adjacent to an activating group) is 1.